The molecule has 1 aliphatic heterocycles. The molecule has 2 unspecified atom stereocenters. The Morgan fingerprint density at radius 2 is 2.04 bits per heavy atom. The van der Waals surface area contributed by atoms with Crippen LogP contribution in [-0.2, 0) is 16.4 Å². The Morgan fingerprint density at radius 3 is 2.67 bits per heavy atom. The third kappa shape index (κ3) is 6.05. The highest BCUT2D eigenvalue weighted by Gasteiger charge is 2.33. The number of ether oxygens (including phenoxy) is 1. The van der Waals surface area contributed by atoms with Crippen molar-refractivity contribution in [2.75, 3.05) is 24.7 Å². The number of furan rings is 1. The van der Waals surface area contributed by atoms with Gasteiger partial charge in [0.2, 0.25) is 0 Å². The lowest BCUT2D eigenvalue weighted by Gasteiger charge is -2.29. The van der Waals surface area contributed by atoms with Gasteiger partial charge in [0.1, 0.15) is 24.2 Å². The van der Waals surface area contributed by atoms with E-state index in [2.05, 4.69) is 31.9 Å². The third-order valence-corrected chi connectivity index (χ3v) is 7.26. The number of sulfone groups is 1. The average Bonchev–Trinajstić information content (AvgIpc) is 3.18. The number of aliphatic hydroxyl groups excluding tert-OH is 1. The molecule has 1 aromatic heterocycles. The summed E-state index contributed by atoms with van der Waals surface area (Å²) in [6.07, 6.45) is -0.207. The maximum absolute atomic E-state index is 11.9. The molecule has 1 saturated heterocycles. The number of hydrogen-bond donors (Lipinski definition) is 1. The maximum Gasteiger partial charge on any atom is 0.169 e. The van der Waals surface area contributed by atoms with Crippen molar-refractivity contribution in [3.8, 4) is 5.75 Å². The molecular weight excluding hydrogens is 502 g/mol. The monoisotopic (exact) mass is 521 g/mol. The molecule has 0 amide bonds. The standard InChI is InChI=1S/C18H21Br2NO5S/c19-16-3-1-2-4-17(16)25-11-14(22)9-21(10-15-5-6-18(20)26-15)13-7-8-27(23,24)12-13/h1-6,13-14,22H,7-12H2. The zero-order chi connectivity index (χ0) is 19.4. The summed E-state index contributed by atoms with van der Waals surface area (Å²) in [4.78, 5) is 1.96. The fourth-order valence-electron chi connectivity index (χ4n) is 3.11. The van der Waals surface area contributed by atoms with Crippen LogP contribution in [0.5, 0.6) is 5.75 Å². The lowest BCUT2D eigenvalue weighted by atomic mass is 10.2. The Balaban J connectivity index is 1.64. The molecule has 2 aromatic rings. The smallest absolute Gasteiger partial charge is 0.169 e. The molecule has 2 atom stereocenters. The number of hydrogen-bond acceptors (Lipinski definition) is 6. The number of para-hydroxylation sites is 1. The molecule has 27 heavy (non-hydrogen) atoms. The van der Waals surface area contributed by atoms with Crippen LogP contribution in [0.1, 0.15) is 12.2 Å². The van der Waals surface area contributed by atoms with E-state index >= 15 is 0 Å². The number of benzene rings is 1. The molecular formula is C18H21Br2NO5S. The minimum atomic E-state index is -3.02. The molecule has 0 bridgehead atoms. The molecule has 9 heteroatoms. The zero-order valence-electron chi connectivity index (χ0n) is 14.6. The van der Waals surface area contributed by atoms with Crippen molar-refractivity contribution in [3.63, 3.8) is 0 Å². The first kappa shape index (κ1) is 20.9. The van der Waals surface area contributed by atoms with Crippen LogP contribution in [-0.4, -0.2) is 55.2 Å². The lowest BCUT2D eigenvalue weighted by molar-refractivity contribution is 0.0494. The summed E-state index contributed by atoms with van der Waals surface area (Å²) in [5.74, 6) is 1.65. The van der Waals surface area contributed by atoms with E-state index in [0.717, 1.165) is 4.47 Å². The third-order valence-electron chi connectivity index (χ3n) is 4.43. The number of nitrogens with zero attached hydrogens (tertiary/aromatic N) is 1. The quantitative estimate of drug-likeness (QED) is 0.573. The predicted molar refractivity (Wildman–Crippen MR) is 110 cm³/mol. The highest BCUT2D eigenvalue weighted by Crippen LogP contribution is 2.25. The zero-order valence-corrected chi connectivity index (χ0v) is 18.5. The largest absolute Gasteiger partial charge is 0.490 e. The minimum absolute atomic E-state index is 0.104. The molecule has 0 spiro atoms. The molecule has 0 radical (unpaired) electrons. The van der Waals surface area contributed by atoms with Gasteiger partial charge in [-0.25, -0.2) is 8.42 Å². The summed E-state index contributed by atoms with van der Waals surface area (Å²) in [5, 5.41) is 10.5. The molecule has 1 N–H and O–H groups in total. The maximum atomic E-state index is 11.9. The Morgan fingerprint density at radius 1 is 1.26 bits per heavy atom. The van der Waals surface area contributed by atoms with Gasteiger partial charge in [-0.1, -0.05) is 12.1 Å². The van der Waals surface area contributed by atoms with Crippen molar-refractivity contribution in [2.45, 2.75) is 25.1 Å². The van der Waals surface area contributed by atoms with Crippen molar-refractivity contribution in [1.82, 2.24) is 4.90 Å². The normalized spacial score (nSPS) is 20.1. The molecule has 0 aliphatic carbocycles. The summed E-state index contributed by atoms with van der Waals surface area (Å²) < 4.78 is 36.5. The Hall–Kier alpha value is -0.870. The molecule has 3 rings (SSSR count). The fraction of sp³-hybridized carbons (Fsp3) is 0.444. The molecule has 1 fully saturated rings. The van der Waals surface area contributed by atoms with Gasteiger partial charge in [0.15, 0.2) is 14.5 Å². The summed E-state index contributed by atoms with van der Waals surface area (Å²) >= 11 is 6.69. The van der Waals surface area contributed by atoms with Gasteiger partial charge in [-0.2, -0.15) is 0 Å². The summed E-state index contributed by atoms with van der Waals surface area (Å²) in [6, 6.07) is 10.9. The molecule has 148 valence electrons. The van der Waals surface area contributed by atoms with Crippen LogP contribution in [0.2, 0.25) is 0 Å². The van der Waals surface area contributed by atoms with Crippen molar-refractivity contribution < 1.29 is 22.7 Å². The van der Waals surface area contributed by atoms with E-state index in [0.29, 0.717) is 35.7 Å². The van der Waals surface area contributed by atoms with Crippen molar-refractivity contribution in [2.24, 2.45) is 0 Å². The molecule has 2 heterocycles. The number of aliphatic hydroxyl groups is 1. The average molecular weight is 523 g/mol. The molecule has 6 nitrogen and oxygen atoms in total. The molecule has 1 aromatic carbocycles. The van der Waals surface area contributed by atoms with E-state index in [1.807, 2.05) is 35.2 Å². The predicted octanol–water partition coefficient (Wildman–Crippen LogP) is 3.23. The van der Waals surface area contributed by atoms with Gasteiger partial charge >= 0.3 is 0 Å². The Bertz CT molecular complexity index is 870. The van der Waals surface area contributed by atoms with Crippen molar-refractivity contribution in [1.29, 1.82) is 0 Å². The van der Waals surface area contributed by atoms with E-state index < -0.39 is 15.9 Å². The van der Waals surface area contributed by atoms with Crippen LogP contribution in [0, 0.1) is 0 Å². The van der Waals surface area contributed by atoms with Gasteiger partial charge in [-0.3, -0.25) is 4.90 Å². The van der Waals surface area contributed by atoms with Gasteiger partial charge in [0.05, 0.1) is 22.5 Å². The van der Waals surface area contributed by atoms with Crippen LogP contribution in [0.25, 0.3) is 0 Å². The lowest BCUT2D eigenvalue weighted by Crippen LogP contribution is -2.42. The Labute approximate surface area is 175 Å². The van der Waals surface area contributed by atoms with Gasteiger partial charge in [-0.05, 0) is 62.5 Å². The second-order valence-corrected chi connectivity index (χ2v) is 10.5. The van der Waals surface area contributed by atoms with Gasteiger partial charge in [0, 0.05) is 12.6 Å². The van der Waals surface area contributed by atoms with Crippen molar-refractivity contribution >= 4 is 41.7 Å². The molecule has 1 aliphatic rings. The van der Waals surface area contributed by atoms with Crippen LogP contribution in [0.3, 0.4) is 0 Å². The molecule has 0 saturated carbocycles. The van der Waals surface area contributed by atoms with Crippen LogP contribution in [0.15, 0.2) is 50.0 Å². The summed E-state index contributed by atoms with van der Waals surface area (Å²) in [6.45, 7) is 0.835. The first-order chi connectivity index (χ1) is 12.8. The first-order valence-electron chi connectivity index (χ1n) is 8.56. The van der Waals surface area contributed by atoms with E-state index in [9.17, 15) is 13.5 Å². The number of rotatable bonds is 8. The summed E-state index contributed by atoms with van der Waals surface area (Å²) in [7, 11) is -3.02. The highest BCUT2D eigenvalue weighted by atomic mass is 79.9. The highest BCUT2D eigenvalue weighted by molar-refractivity contribution is 9.10. The number of halogens is 2. The minimum Gasteiger partial charge on any atom is -0.490 e. The van der Waals surface area contributed by atoms with E-state index in [1.54, 1.807) is 6.07 Å². The van der Waals surface area contributed by atoms with Crippen molar-refractivity contribution in [3.05, 3.63) is 51.3 Å². The van der Waals surface area contributed by atoms with E-state index in [1.165, 1.54) is 0 Å². The Kier molecular flexibility index (Phi) is 7.02. The SMILES string of the molecule is O=S1(=O)CCC(N(Cc2ccc(Br)o2)CC(O)COc2ccccc2Br)C1. The van der Waals surface area contributed by atoms with E-state index in [4.69, 9.17) is 9.15 Å². The topological polar surface area (TPSA) is 80.0 Å². The first-order valence-corrected chi connectivity index (χ1v) is 12.0. The fourth-order valence-corrected chi connectivity index (χ4v) is 5.62. The second-order valence-electron chi connectivity index (χ2n) is 6.59. The summed E-state index contributed by atoms with van der Waals surface area (Å²) in [5.41, 5.74) is 0. The van der Waals surface area contributed by atoms with Gasteiger partial charge < -0.3 is 14.3 Å². The van der Waals surface area contributed by atoms with Gasteiger partial charge in [0.25, 0.3) is 0 Å². The van der Waals surface area contributed by atoms with Gasteiger partial charge in [-0.15, -0.1) is 0 Å². The second kappa shape index (κ2) is 9.09. The van der Waals surface area contributed by atoms with E-state index in [-0.39, 0.29) is 24.2 Å². The van der Waals surface area contributed by atoms with Crippen LogP contribution in [0.4, 0.5) is 0 Å². The van der Waals surface area contributed by atoms with Crippen LogP contribution < -0.4 is 4.74 Å². The van der Waals surface area contributed by atoms with Crippen LogP contribution >= 0.6 is 31.9 Å².